The minimum absolute atomic E-state index is 0.00301. The number of hydrogen-bond donors (Lipinski definition) is 1. The molecule has 22 heavy (non-hydrogen) atoms. The Hall–Kier alpha value is -2.66. The quantitative estimate of drug-likeness (QED) is 0.780. The van der Waals surface area contributed by atoms with Crippen molar-refractivity contribution in [3.63, 3.8) is 0 Å². The molecule has 0 radical (unpaired) electrons. The number of aromatic nitrogens is 1. The standard InChI is InChI=1S/C17H13N3OS/c21-17-14-3-1-2-4-15(14)19-16(12-7-10-22-11-12)20(17)13-5-8-18-9-6-13/h1-11,16,19H. The molecule has 3 aromatic rings. The van der Waals surface area contributed by atoms with E-state index in [1.807, 2.05) is 47.8 Å². The average Bonchev–Trinajstić information content (AvgIpc) is 3.10. The van der Waals surface area contributed by atoms with Crippen LogP contribution in [0.2, 0.25) is 0 Å². The Labute approximate surface area is 132 Å². The highest BCUT2D eigenvalue weighted by atomic mass is 32.1. The SMILES string of the molecule is O=C1c2ccccc2NC(c2ccsc2)N1c1ccncc1. The Morgan fingerprint density at radius 2 is 1.91 bits per heavy atom. The van der Waals surface area contributed by atoms with Gasteiger partial charge in [0.2, 0.25) is 0 Å². The summed E-state index contributed by atoms with van der Waals surface area (Å²) < 4.78 is 0. The summed E-state index contributed by atoms with van der Waals surface area (Å²) in [4.78, 5) is 18.8. The maximum absolute atomic E-state index is 13.0. The van der Waals surface area contributed by atoms with E-state index < -0.39 is 0 Å². The van der Waals surface area contributed by atoms with E-state index in [0.717, 1.165) is 16.9 Å². The monoisotopic (exact) mass is 307 g/mol. The van der Waals surface area contributed by atoms with E-state index in [1.165, 1.54) is 0 Å². The number of amides is 1. The molecule has 5 heteroatoms. The zero-order valence-electron chi connectivity index (χ0n) is 11.6. The largest absolute Gasteiger partial charge is 0.360 e. The Kier molecular flexibility index (Phi) is 3.12. The van der Waals surface area contributed by atoms with Crippen LogP contribution in [0.25, 0.3) is 0 Å². The Balaban J connectivity index is 1.87. The number of benzene rings is 1. The van der Waals surface area contributed by atoms with Crippen LogP contribution >= 0.6 is 11.3 Å². The second kappa shape index (κ2) is 5.27. The first kappa shape index (κ1) is 13.0. The Morgan fingerprint density at radius 3 is 2.68 bits per heavy atom. The summed E-state index contributed by atoms with van der Waals surface area (Å²) in [6, 6.07) is 13.4. The minimum Gasteiger partial charge on any atom is -0.360 e. The molecule has 108 valence electrons. The van der Waals surface area contributed by atoms with Crippen LogP contribution < -0.4 is 10.2 Å². The fraction of sp³-hybridized carbons (Fsp3) is 0.0588. The molecule has 1 aliphatic rings. The van der Waals surface area contributed by atoms with E-state index in [2.05, 4.69) is 15.7 Å². The highest BCUT2D eigenvalue weighted by Crippen LogP contribution is 2.36. The number of carbonyl (C=O) groups excluding carboxylic acids is 1. The van der Waals surface area contributed by atoms with Crippen molar-refractivity contribution in [2.75, 3.05) is 10.2 Å². The van der Waals surface area contributed by atoms with Crippen molar-refractivity contribution in [2.45, 2.75) is 6.17 Å². The van der Waals surface area contributed by atoms with Crippen molar-refractivity contribution in [3.8, 4) is 0 Å². The molecular weight excluding hydrogens is 294 g/mol. The molecule has 0 fully saturated rings. The van der Waals surface area contributed by atoms with Crippen molar-refractivity contribution in [1.29, 1.82) is 0 Å². The first-order valence-electron chi connectivity index (χ1n) is 6.96. The third-order valence-electron chi connectivity index (χ3n) is 3.73. The molecule has 0 spiro atoms. The predicted molar refractivity (Wildman–Crippen MR) is 88.2 cm³/mol. The Morgan fingerprint density at radius 1 is 1.09 bits per heavy atom. The molecule has 1 aliphatic heterocycles. The van der Waals surface area contributed by atoms with Gasteiger partial charge in [-0.25, -0.2) is 0 Å². The molecule has 4 rings (SSSR count). The molecular formula is C17H13N3OS. The van der Waals surface area contributed by atoms with Crippen LogP contribution in [0.4, 0.5) is 11.4 Å². The molecule has 1 atom stereocenters. The fourth-order valence-electron chi connectivity index (χ4n) is 2.69. The van der Waals surface area contributed by atoms with E-state index in [0.29, 0.717) is 5.56 Å². The van der Waals surface area contributed by atoms with Crippen molar-refractivity contribution in [3.05, 3.63) is 76.7 Å². The summed E-state index contributed by atoms with van der Waals surface area (Å²) in [7, 11) is 0. The average molecular weight is 307 g/mol. The summed E-state index contributed by atoms with van der Waals surface area (Å²) >= 11 is 1.62. The van der Waals surface area contributed by atoms with Crippen molar-refractivity contribution in [1.82, 2.24) is 4.98 Å². The van der Waals surface area contributed by atoms with Gasteiger partial charge >= 0.3 is 0 Å². The lowest BCUT2D eigenvalue weighted by Gasteiger charge is -2.37. The normalized spacial score (nSPS) is 17.0. The van der Waals surface area contributed by atoms with Gasteiger partial charge in [-0.15, -0.1) is 0 Å². The van der Waals surface area contributed by atoms with Crippen LogP contribution in [-0.4, -0.2) is 10.9 Å². The molecule has 0 bridgehead atoms. The lowest BCUT2D eigenvalue weighted by atomic mass is 10.0. The van der Waals surface area contributed by atoms with E-state index in [1.54, 1.807) is 28.6 Å². The van der Waals surface area contributed by atoms with Crippen LogP contribution in [0.3, 0.4) is 0 Å². The molecule has 1 aromatic carbocycles. The van der Waals surface area contributed by atoms with Crippen LogP contribution in [0.15, 0.2) is 65.6 Å². The number of carbonyl (C=O) groups is 1. The molecule has 1 N–H and O–H groups in total. The van der Waals surface area contributed by atoms with Gasteiger partial charge in [-0.05, 0) is 41.1 Å². The van der Waals surface area contributed by atoms with Crippen molar-refractivity contribution >= 4 is 28.6 Å². The van der Waals surface area contributed by atoms with Crippen molar-refractivity contribution in [2.24, 2.45) is 0 Å². The van der Waals surface area contributed by atoms with Gasteiger partial charge in [-0.1, -0.05) is 12.1 Å². The lowest BCUT2D eigenvalue weighted by Crippen LogP contribution is -2.43. The van der Waals surface area contributed by atoms with Gasteiger partial charge in [0.05, 0.1) is 5.56 Å². The first-order valence-corrected chi connectivity index (χ1v) is 7.90. The summed E-state index contributed by atoms with van der Waals surface area (Å²) in [6.07, 6.45) is 3.19. The van der Waals surface area contributed by atoms with Gasteiger partial charge in [-0.2, -0.15) is 11.3 Å². The number of para-hydroxylation sites is 1. The van der Waals surface area contributed by atoms with Gasteiger partial charge in [0.1, 0.15) is 6.17 Å². The third kappa shape index (κ3) is 2.07. The van der Waals surface area contributed by atoms with E-state index in [9.17, 15) is 4.79 Å². The topological polar surface area (TPSA) is 45.2 Å². The molecule has 4 nitrogen and oxygen atoms in total. The number of fused-ring (bicyclic) bond motifs is 1. The van der Waals surface area contributed by atoms with Crippen molar-refractivity contribution < 1.29 is 4.79 Å². The van der Waals surface area contributed by atoms with Gasteiger partial charge < -0.3 is 5.32 Å². The van der Waals surface area contributed by atoms with Gasteiger partial charge in [0.15, 0.2) is 0 Å². The number of nitrogens with zero attached hydrogens (tertiary/aromatic N) is 2. The molecule has 2 aromatic heterocycles. The zero-order valence-corrected chi connectivity index (χ0v) is 12.5. The van der Waals surface area contributed by atoms with E-state index >= 15 is 0 Å². The van der Waals surface area contributed by atoms with Crippen LogP contribution in [-0.2, 0) is 0 Å². The van der Waals surface area contributed by atoms with E-state index in [-0.39, 0.29) is 12.1 Å². The highest BCUT2D eigenvalue weighted by Gasteiger charge is 2.33. The van der Waals surface area contributed by atoms with Crippen LogP contribution in [0, 0.1) is 0 Å². The van der Waals surface area contributed by atoms with Crippen LogP contribution in [0.5, 0.6) is 0 Å². The zero-order chi connectivity index (χ0) is 14.9. The second-order valence-electron chi connectivity index (χ2n) is 5.03. The molecule has 3 heterocycles. The maximum atomic E-state index is 13.0. The predicted octanol–water partition coefficient (Wildman–Crippen LogP) is 3.91. The number of thiophene rings is 1. The maximum Gasteiger partial charge on any atom is 0.262 e. The number of anilines is 2. The molecule has 0 saturated carbocycles. The molecule has 0 aliphatic carbocycles. The molecule has 0 saturated heterocycles. The fourth-order valence-corrected chi connectivity index (χ4v) is 3.37. The smallest absolute Gasteiger partial charge is 0.262 e. The van der Waals surface area contributed by atoms with E-state index in [4.69, 9.17) is 0 Å². The van der Waals surface area contributed by atoms with Gasteiger partial charge in [-0.3, -0.25) is 14.7 Å². The second-order valence-corrected chi connectivity index (χ2v) is 5.81. The number of hydrogen-bond acceptors (Lipinski definition) is 4. The number of rotatable bonds is 2. The first-order chi connectivity index (χ1) is 10.8. The Bertz CT molecular complexity index is 802. The summed E-state index contributed by atoms with van der Waals surface area (Å²) in [5.41, 5.74) is 3.46. The number of nitrogens with one attached hydrogen (secondary N) is 1. The molecule has 1 unspecified atom stereocenters. The summed E-state index contributed by atoms with van der Waals surface area (Å²) in [5, 5.41) is 7.55. The van der Waals surface area contributed by atoms with Gasteiger partial charge in [0.25, 0.3) is 5.91 Å². The number of pyridine rings is 1. The van der Waals surface area contributed by atoms with Crippen LogP contribution in [0.1, 0.15) is 22.1 Å². The minimum atomic E-state index is -0.212. The summed E-state index contributed by atoms with van der Waals surface area (Å²) in [5.74, 6) is -0.00301. The van der Waals surface area contributed by atoms with Gasteiger partial charge in [0, 0.05) is 29.3 Å². The third-order valence-corrected chi connectivity index (χ3v) is 4.43. The lowest BCUT2D eigenvalue weighted by molar-refractivity contribution is 0.0975. The summed E-state index contributed by atoms with van der Waals surface area (Å²) in [6.45, 7) is 0. The molecule has 1 amide bonds. The highest BCUT2D eigenvalue weighted by molar-refractivity contribution is 7.08.